The fourth-order valence-electron chi connectivity index (χ4n) is 1.10. The van der Waals surface area contributed by atoms with E-state index in [1.807, 2.05) is 6.07 Å². The van der Waals surface area contributed by atoms with E-state index >= 15 is 0 Å². The highest BCUT2D eigenvalue weighted by Gasteiger charge is 2.02. The Bertz CT molecular complexity index is 317. The third kappa shape index (κ3) is 3.30. The van der Waals surface area contributed by atoms with Crippen molar-refractivity contribution >= 4 is 23.6 Å². The molecule has 1 heterocycles. The van der Waals surface area contributed by atoms with Gasteiger partial charge in [-0.25, -0.2) is 0 Å². The largest absolute Gasteiger partial charge is 0.469 e. The molecule has 3 nitrogen and oxygen atoms in total. The van der Waals surface area contributed by atoms with Crippen LogP contribution >= 0.6 is 11.3 Å². The highest BCUT2D eigenvalue weighted by Crippen LogP contribution is 2.16. The first-order valence-electron chi connectivity index (χ1n) is 4.37. The maximum atomic E-state index is 10.8. The van der Waals surface area contributed by atoms with Crippen LogP contribution in [0.15, 0.2) is 12.1 Å². The fraction of sp³-hybridized carbons (Fsp3) is 0.400. The van der Waals surface area contributed by atoms with Crippen molar-refractivity contribution in [1.82, 2.24) is 0 Å². The number of thiophene rings is 1. The van der Waals surface area contributed by atoms with Crippen LogP contribution in [0.3, 0.4) is 0 Å². The maximum absolute atomic E-state index is 10.8. The SMILES string of the molecule is COC(=O)CCCc1ccc(C=O)s1. The molecule has 0 spiro atoms. The normalized spacial score (nSPS) is 9.79. The summed E-state index contributed by atoms with van der Waals surface area (Å²) in [7, 11) is 1.39. The maximum Gasteiger partial charge on any atom is 0.305 e. The Labute approximate surface area is 86.7 Å². The summed E-state index contributed by atoms with van der Waals surface area (Å²) in [5.74, 6) is -0.183. The number of esters is 1. The van der Waals surface area contributed by atoms with Crippen LogP contribution in [0.4, 0.5) is 0 Å². The van der Waals surface area contributed by atoms with Gasteiger partial charge in [0.25, 0.3) is 0 Å². The number of carbonyl (C=O) groups is 2. The van der Waals surface area contributed by atoms with E-state index < -0.39 is 0 Å². The molecule has 0 amide bonds. The average molecular weight is 212 g/mol. The van der Waals surface area contributed by atoms with Gasteiger partial charge < -0.3 is 4.74 Å². The van der Waals surface area contributed by atoms with Crippen LogP contribution in [-0.4, -0.2) is 19.4 Å². The Balaban J connectivity index is 2.31. The first-order valence-corrected chi connectivity index (χ1v) is 5.18. The lowest BCUT2D eigenvalue weighted by molar-refractivity contribution is -0.140. The second kappa shape index (κ2) is 5.54. The van der Waals surface area contributed by atoms with Crippen LogP contribution in [0.1, 0.15) is 27.4 Å². The Morgan fingerprint density at radius 2 is 2.36 bits per heavy atom. The van der Waals surface area contributed by atoms with Crippen molar-refractivity contribution in [2.24, 2.45) is 0 Å². The highest BCUT2D eigenvalue weighted by atomic mass is 32.1. The van der Waals surface area contributed by atoms with Crippen LogP contribution in [0.25, 0.3) is 0 Å². The fourth-order valence-corrected chi connectivity index (χ4v) is 1.97. The van der Waals surface area contributed by atoms with Gasteiger partial charge in [0.05, 0.1) is 12.0 Å². The molecular formula is C10H12O3S. The van der Waals surface area contributed by atoms with Gasteiger partial charge in [0.1, 0.15) is 0 Å². The van der Waals surface area contributed by atoms with E-state index in [1.54, 1.807) is 6.07 Å². The lowest BCUT2D eigenvalue weighted by Gasteiger charge is -1.97. The number of aldehydes is 1. The predicted octanol–water partition coefficient (Wildman–Crippen LogP) is 2.06. The molecule has 4 heteroatoms. The summed E-state index contributed by atoms with van der Waals surface area (Å²) in [5, 5.41) is 0. The predicted molar refractivity (Wildman–Crippen MR) is 54.7 cm³/mol. The van der Waals surface area contributed by atoms with Gasteiger partial charge in [0.15, 0.2) is 6.29 Å². The minimum Gasteiger partial charge on any atom is -0.469 e. The molecule has 76 valence electrons. The summed E-state index contributed by atoms with van der Waals surface area (Å²) in [6.07, 6.45) is 2.87. The van der Waals surface area contributed by atoms with Crippen molar-refractivity contribution in [2.75, 3.05) is 7.11 Å². The first kappa shape index (κ1) is 10.9. The van der Waals surface area contributed by atoms with E-state index in [1.165, 1.54) is 18.4 Å². The van der Waals surface area contributed by atoms with Crippen molar-refractivity contribution in [3.63, 3.8) is 0 Å². The molecule has 0 atom stereocenters. The summed E-state index contributed by atoms with van der Waals surface area (Å²) >= 11 is 1.47. The Morgan fingerprint density at radius 3 is 2.93 bits per heavy atom. The van der Waals surface area contributed by atoms with Gasteiger partial charge >= 0.3 is 5.97 Å². The molecule has 0 saturated heterocycles. The number of ether oxygens (including phenoxy) is 1. The number of hydrogen-bond donors (Lipinski definition) is 0. The monoisotopic (exact) mass is 212 g/mol. The molecule has 1 rings (SSSR count). The number of aryl methyl sites for hydroxylation is 1. The lowest BCUT2D eigenvalue weighted by Crippen LogP contribution is -1.99. The second-order valence-corrected chi connectivity index (χ2v) is 4.05. The summed E-state index contributed by atoms with van der Waals surface area (Å²) in [4.78, 5) is 23.0. The Kier molecular flexibility index (Phi) is 4.32. The van der Waals surface area contributed by atoms with Gasteiger partial charge in [-0.05, 0) is 25.0 Å². The van der Waals surface area contributed by atoms with Gasteiger partial charge in [-0.2, -0.15) is 0 Å². The smallest absolute Gasteiger partial charge is 0.305 e. The molecule has 0 radical (unpaired) electrons. The molecular weight excluding hydrogens is 200 g/mol. The zero-order valence-corrected chi connectivity index (χ0v) is 8.80. The van der Waals surface area contributed by atoms with Gasteiger partial charge in [-0.3, -0.25) is 9.59 Å². The van der Waals surface area contributed by atoms with Crippen LogP contribution < -0.4 is 0 Å². The molecule has 0 aliphatic heterocycles. The molecule has 0 aromatic carbocycles. The van der Waals surface area contributed by atoms with E-state index in [-0.39, 0.29) is 5.97 Å². The van der Waals surface area contributed by atoms with Crippen LogP contribution in [-0.2, 0) is 16.0 Å². The molecule has 14 heavy (non-hydrogen) atoms. The zero-order valence-electron chi connectivity index (χ0n) is 7.99. The van der Waals surface area contributed by atoms with E-state index in [9.17, 15) is 9.59 Å². The third-order valence-electron chi connectivity index (χ3n) is 1.83. The van der Waals surface area contributed by atoms with Crippen molar-refractivity contribution in [3.05, 3.63) is 21.9 Å². The molecule has 0 aliphatic rings. The number of hydrogen-bond acceptors (Lipinski definition) is 4. The van der Waals surface area contributed by atoms with E-state index in [2.05, 4.69) is 4.74 Å². The molecule has 0 saturated carbocycles. The molecule has 0 aliphatic carbocycles. The molecule has 1 aromatic rings. The minimum absolute atomic E-state index is 0.183. The minimum atomic E-state index is -0.183. The summed E-state index contributed by atoms with van der Waals surface area (Å²) in [6, 6.07) is 3.72. The van der Waals surface area contributed by atoms with Crippen molar-refractivity contribution in [1.29, 1.82) is 0 Å². The van der Waals surface area contributed by atoms with Gasteiger partial charge in [-0.1, -0.05) is 0 Å². The summed E-state index contributed by atoms with van der Waals surface area (Å²) in [6.45, 7) is 0. The van der Waals surface area contributed by atoms with Gasteiger partial charge in [0, 0.05) is 11.3 Å². The number of carbonyl (C=O) groups excluding carboxylic acids is 2. The quantitative estimate of drug-likeness (QED) is 0.554. The second-order valence-electron chi connectivity index (χ2n) is 2.85. The Hall–Kier alpha value is -1.16. The highest BCUT2D eigenvalue weighted by molar-refractivity contribution is 7.13. The van der Waals surface area contributed by atoms with E-state index in [0.717, 1.165) is 28.9 Å². The molecule has 0 bridgehead atoms. The van der Waals surface area contributed by atoms with E-state index in [4.69, 9.17) is 0 Å². The Morgan fingerprint density at radius 1 is 1.57 bits per heavy atom. The van der Waals surface area contributed by atoms with Crippen LogP contribution in [0, 0.1) is 0 Å². The number of methoxy groups -OCH3 is 1. The van der Waals surface area contributed by atoms with Crippen molar-refractivity contribution in [2.45, 2.75) is 19.3 Å². The zero-order chi connectivity index (χ0) is 10.4. The van der Waals surface area contributed by atoms with Crippen LogP contribution in [0.2, 0.25) is 0 Å². The van der Waals surface area contributed by atoms with Gasteiger partial charge in [-0.15, -0.1) is 11.3 Å². The van der Waals surface area contributed by atoms with Crippen molar-refractivity contribution in [3.8, 4) is 0 Å². The molecule has 1 aromatic heterocycles. The average Bonchev–Trinajstić information content (AvgIpc) is 2.65. The van der Waals surface area contributed by atoms with Gasteiger partial charge in [0.2, 0.25) is 0 Å². The van der Waals surface area contributed by atoms with Crippen molar-refractivity contribution < 1.29 is 14.3 Å². The summed E-state index contributed by atoms with van der Waals surface area (Å²) < 4.78 is 4.52. The standard InChI is InChI=1S/C10H12O3S/c1-13-10(12)4-2-3-8-5-6-9(7-11)14-8/h5-7H,2-4H2,1H3. The summed E-state index contributed by atoms with van der Waals surface area (Å²) in [5.41, 5.74) is 0. The van der Waals surface area contributed by atoms with Crippen LogP contribution in [0.5, 0.6) is 0 Å². The lowest BCUT2D eigenvalue weighted by atomic mass is 10.2. The first-order chi connectivity index (χ1) is 6.76. The molecule has 0 unspecified atom stereocenters. The molecule has 0 fully saturated rings. The number of rotatable bonds is 5. The van der Waals surface area contributed by atoms with E-state index in [0.29, 0.717) is 6.42 Å². The molecule has 0 N–H and O–H groups in total. The third-order valence-corrected chi connectivity index (χ3v) is 2.90. The topological polar surface area (TPSA) is 43.4 Å².